The van der Waals surface area contributed by atoms with Crippen LogP contribution in [0.5, 0.6) is 0 Å². The maximum absolute atomic E-state index is 10.7. The monoisotopic (exact) mass is 342 g/mol. The van der Waals surface area contributed by atoms with E-state index < -0.39 is 5.97 Å². The van der Waals surface area contributed by atoms with E-state index in [1.807, 2.05) is 0 Å². The largest absolute Gasteiger partial charge is 0.481 e. The van der Waals surface area contributed by atoms with Gasteiger partial charge in [0.2, 0.25) is 0 Å². The fourth-order valence-corrected chi connectivity index (χ4v) is 3.82. The molecule has 0 amide bonds. The molecule has 1 N–H and O–H groups in total. The summed E-state index contributed by atoms with van der Waals surface area (Å²) in [5.41, 5.74) is 0. The van der Waals surface area contributed by atoms with Crippen LogP contribution in [0.4, 0.5) is 0 Å². The Morgan fingerprint density at radius 1 is 1.56 bits per heavy atom. The summed E-state index contributed by atoms with van der Waals surface area (Å²) < 4.78 is 11.4. The van der Waals surface area contributed by atoms with Crippen molar-refractivity contribution in [3.8, 4) is 0 Å². The first kappa shape index (κ1) is 14.2. The molecule has 0 radical (unpaired) electrons. The third-order valence-corrected chi connectivity index (χ3v) is 4.16. The summed E-state index contributed by atoms with van der Waals surface area (Å²) in [6, 6.07) is 0. The highest BCUT2D eigenvalue weighted by molar-refractivity contribution is 14.1. The number of alkyl halides is 1. The highest BCUT2D eigenvalue weighted by atomic mass is 127. The molecule has 5 atom stereocenters. The minimum atomic E-state index is -0.743. The molecule has 0 aromatic carbocycles. The van der Waals surface area contributed by atoms with Gasteiger partial charge in [0.1, 0.15) is 4.11 Å². The van der Waals surface area contributed by atoms with Crippen molar-refractivity contribution in [1.82, 2.24) is 0 Å². The Labute approximate surface area is 110 Å². The summed E-state index contributed by atoms with van der Waals surface area (Å²) in [6.07, 6.45) is 2.23. The van der Waals surface area contributed by atoms with Crippen molar-refractivity contribution in [2.75, 3.05) is 7.11 Å². The highest BCUT2D eigenvalue weighted by Crippen LogP contribution is 2.46. The number of halogens is 1. The average Bonchev–Trinajstić information content (AvgIpc) is 2.59. The number of fused-ring (bicyclic) bond motifs is 1. The molecule has 5 unspecified atom stereocenters. The molecular weight excluding hydrogens is 323 g/mol. The van der Waals surface area contributed by atoms with E-state index in [1.165, 1.54) is 0 Å². The molecule has 0 spiro atoms. The molecule has 1 saturated heterocycles. The molecule has 1 aliphatic heterocycles. The lowest BCUT2D eigenvalue weighted by molar-refractivity contribution is -0.139. The van der Waals surface area contributed by atoms with E-state index in [-0.39, 0.29) is 36.1 Å². The van der Waals surface area contributed by atoms with E-state index >= 15 is 0 Å². The zero-order valence-electron chi connectivity index (χ0n) is 8.56. The zero-order valence-corrected chi connectivity index (χ0v) is 10.7. The Bertz CT molecular complexity index is 258. The number of aliphatic carboxylic acids is 1. The predicted octanol–water partition coefficient (Wildman–Crippen LogP) is 2.30. The average molecular weight is 342 g/mol. The van der Waals surface area contributed by atoms with Crippen LogP contribution in [0.25, 0.3) is 0 Å². The van der Waals surface area contributed by atoms with Gasteiger partial charge in [0.25, 0.3) is 0 Å². The normalized spacial score (nSPS) is 41.5. The zero-order chi connectivity index (χ0) is 11.0. The first-order chi connectivity index (χ1) is 7.11. The van der Waals surface area contributed by atoms with Crippen LogP contribution < -0.4 is 0 Å². The molecule has 1 saturated carbocycles. The second kappa shape index (κ2) is 5.64. The summed E-state index contributed by atoms with van der Waals surface area (Å²) in [5, 5.41) is 8.80. The van der Waals surface area contributed by atoms with E-state index in [9.17, 15) is 4.79 Å². The Kier molecular flexibility index (Phi) is 5.00. The van der Waals surface area contributed by atoms with Crippen LogP contribution in [0.2, 0.25) is 0 Å². The molecule has 0 aromatic heterocycles. The van der Waals surface area contributed by atoms with Gasteiger partial charge in [0, 0.05) is 7.11 Å². The first-order valence-corrected chi connectivity index (χ1v) is 6.40. The molecule has 94 valence electrons. The second-order valence-electron chi connectivity index (χ2n) is 4.30. The first-order valence-electron chi connectivity index (χ1n) is 5.16. The van der Waals surface area contributed by atoms with Crippen molar-refractivity contribution in [2.24, 2.45) is 11.8 Å². The minimum Gasteiger partial charge on any atom is -0.481 e. The van der Waals surface area contributed by atoms with Gasteiger partial charge in [-0.25, -0.2) is 0 Å². The van der Waals surface area contributed by atoms with Crippen LogP contribution in [0.1, 0.15) is 26.7 Å². The number of hydrogen-bond acceptors (Lipinski definition) is 3. The minimum absolute atomic E-state index is 0. The lowest BCUT2D eigenvalue weighted by atomic mass is 9.99. The third-order valence-electron chi connectivity index (χ3n) is 3.36. The van der Waals surface area contributed by atoms with Crippen molar-refractivity contribution in [2.45, 2.75) is 43.0 Å². The van der Waals surface area contributed by atoms with Gasteiger partial charge in [-0.05, 0) is 24.7 Å². The number of ether oxygens (including phenoxy) is 2. The highest BCUT2D eigenvalue weighted by Gasteiger charge is 2.49. The quantitative estimate of drug-likeness (QED) is 0.632. The topological polar surface area (TPSA) is 55.8 Å². The molecule has 2 aliphatic rings. The molecular formula is C11H19IO4. The van der Waals surface area contributed by atoms with Gasteiger partial charge in [-0.15, -0.1) is 0 Å². The molecule has 0 aromatic rings. The summed E-state index contributed by atoms with van der Waals surface area (Å²) in [6.45, 7) is 0. The summed E-state index contributed by atoms with van der Waals surface area (Å²) in [7, 11) is 1.64. The Morgan fingerprint density at radius 2 is 2.25 bits per heavy atom. The van der Waals surface area contributed by atoms with Crippen LogP contribution in [-0.2, 0) is 14.3 Å². The van der Waals surface area contributed by atoms with Crippen molar-refractivity contribution >= 4 is 28.6 Å². The molecule has 2 rings (SSSR count). The maximum atomic E-state index is 10.7. The number of carboxylic acids is 1. The number of carbonyl (C=O) groups is 1. The van der Waals surface area contributed by atoms with E-state index in [1.54, 1.807) is 7.11 Å². The van der Waals surface area contributed by atoms with E-state index in [0.29, 0.717) is 5.92 Å². The van der Waals surface area contributed by atoms with Crippen molar-refractivity contribution in [3.63, 3.8) is 0 Å². The smallest absolute Gasteiger partial charge is 0.303 e. The van der Waals surface area contributed by atoms with Crippen LogP contribution >= 0.6 is 22.6 Å². The Hall–Kier alpha value is 0.120. The molecule has 4 nitrogen and oxygen atoms in total. The fourth-order valence-electron chi connectivity index (χ4n) is 2.83. The SMILES string of the molecule is C.COC1C(CC(=O)O)CC2CC(I)OC21. The van der Waals surface area contributed by atoms with Gasteiger partial charge in [0.15, 0.2) is 0 Å². The molecule has 16 heavy (non-hydrogen) atoms. The second-order valence-corrected chi connectivity index (χ2v) is 5.69. The van der Waals surface area contributed by atoms with Gasteiger partial charge in [0.05, 0.1) is 18.6 Å². The van der Waals surface area contributed by atoms with Crippen molar-refractivity contribution in [1.29, 1.82) is 0 Å². The number of methoxy groups -OCH3 is 1. The molecule has 1 aliphatic carbocycles. The lowest BCUT2D eigenvalue weighted by Gasteiger charge is -2.21. The van der Waals surface area contributed by atoms with Crippen LogP contribution in [0.15, 0.2) is 0 Å². The molecule has 1 heterocycles. The summed E-state index contributed by atoms with van der Waals surface area (Å²) in [5.74, 6) is -0.138. The van der Waals surface area contributed by atoms with E-state index in [4.69, 9.17) is 14.6 Å². The number of carboxylic acid groups (broad SMARTS) is 1. The molecule has 5 heteroatoms. The number of rotatable bonds is 3. The summed E-state index contributed by atoms with van der Waals surface area (Å²) >= 11 is 2.28. The van der Waals surface area contributed by atoms with Gasteiger partial charge in [-0.1, -0.05) is 30.0 Å². The van der Waals surface area contributed by atoms with Gasteiger partial charge in [-0.2, -0.15) is 0 Å². The molecule has 2 fully saturated rings. The van der Waals surface area contributed by atoms with Crippen LogP contribution in [0.3, 0.4) is 0 Å². The van der Waals surface area contributed by atoms with Crippen molar-refractivity contribution in [3.05, 3.63) is 0 Å². The van der Waals surface area contributed by atoms with Crippen molar-refractivity contribution < 1.29 is 19.4 Å². The van der Waals surface area contributed by atoms with E-state index in [2.05, 4.69) is 22.6 Å². The van der Waals surface area contributed by atoms with Crippen LogP contribution in [-0.4, -0.2) is 34.5 Å². The van der Waals surface area contributed by atoms with Crippen LogP contribution in [0, 0.1) is 11.8 Å². The molecule has 0 bridgehead atoms. The van der Waals surface area contributed by atoms with E-state index in [0.717, 1.165) is 12.8 Å². The van der Waals surface area contributed by atoms with Gasteiger partial charge in [-0.3, -0.25) is 4.79 Å². The third kappa shape index (κ3) is 2.68. The summed E-state index contributed by atoms with van der Waals surface area (Å²) in [4.78, 5) is 10.7. The fraction of sp³-hybridized carbons (Fsp3) is 0.909. The standard InChI is InChI=1S/C10H15IO4.CH4/c1-14-9-6(4-8(12)13)2-5-3-7(11)15-10(5)9;/h5-7,9-10H,2-4H2,1H3,(H,12,13);1H4. The van der Waals surface area contributed by atoms with Gasteiger partial charge >= 0.3 is 5.97 Å². The lowest BCUT2D eigenvalue weighted by Crippen LogP contribution is -2.31. The predicted molar refractivity (Wildman–Crippen MR) is 68.7 cm³/mol. The Morgan fingerprint density at radius 3 is 2.81 bits per heavy atom. The number of hydrogen-bond donors (Lipinski definition) is 1. The van der Waals surface area contributed by atoms with Gasteiger partial charge < -0.3 is 14.6 Å². The maximum Gasteiger partial charge on any atom is 0.303 e. The Balaban J connectivity index is 0.00000128.